The molecule has 0 radical (unpaired) electrons. The van der Waals surface area contributed by atoms with Crippen LogP contribution in [0.1, 0.15) is 74.2 Å². The number of carbonyl (C=O) groups is 3. The van der Waals surface area contributed by atoms with Gasteiger partial charge in [0.15, 0.2) is 0 Å². The Hall–Kier alpha value is -2.09. The molecule has 3 amide bonds. The minimum Gasteiger partial charge on any atom is -0.444 e. The van der Waals surface area contributed by atoms with Crippen molar-refractivity contribution in [1.29, 1.82) is 0 Å². The average molecular weight is 422 g/mol. The minimum absolute atomic E-state index is 0.00318. The highest BCUT2D eigenvalue weighted by molar-refractivity contribution is 7.17. The molecule has 1 saturated carbocycles. The molecule has 2 aliphatic rings. The highest BCUT2D eigenvalue weighted by Crippen LogP contribution is 2.40. The first kappa shape index (κ1) is 21.6. The van der Waals surface area contributed by atoms with Crippen molar-refractivity contribution in [3.63, 3.8) is 0 Å². The summed E-state index contributed by atoms with van der Waals surface area (Å²) in [6.07, 6.45) is 4.31. The largest absolute Gasteiger partial charge is 0.444 e. The second kappa shape index (κ2) is 8.73. The van der Waals surface area contributed by atoms with Crippen molar-refractivity contribution in [2.75, 3.05) is 11.9 Å². The minimum atomic E-state index is -0.558. The number of nitrogens with one attached hydrogen (secondary N) is 3. The molecule has 1 heterocycles. The van der Waals surface area contributed by atoms with E-state index in [9.17, 15) is 14.4 Å². The lowest BCUT2D eigenvalue weighted by molar-refractivity contribution is -0.117. The molecule has 7 nitrogen and oxygen atoms in total. The Kier molecular flexibility index (Phi) is 6.51. The molecule has 1 unspecified atom stereocenters. The predicted molar refractivity (Wildman–Crippen MR) is 113 cm³/mol. The topological polar surface area (TPSA) is 96.5 Å². The van der Waals surface area contributed by atoms with Crippen molar-refractivity contribution >= 4 is 34.2 Å². The van der Waals surface area contributed by atoms with E-state index in [1.807, 2.05) is 27.7 Å². The summed E-state index contributed by atoms with van der Waals surface area (Å²) in [6, 6.07) is -0.100. The number of carbonyl (C=O) groups excluding carboxylic acids is 3. The monoisotopic (exact) mass is 421 g/mol. The Morgan fingerprint density at radius 1 is 1.17 bits per heavy atom. The Bertz CT molecular complexity index is 793. The molecule has 3 N–H and O–H groups in total. The maximum absolute atomic E-state index is 12.9. The van der Waals surface area contributed by atoms with Crippen LogP contribution in [0, 0.1) is 5.92 Å². The van der Waals surface area contributed by atoms with Crippen molar-refractivity contribution in [2.24, 2.45) is 5.92 Å². The van der Waals surface area contributed by atoms with Crippen molar-refractivity contribution in [3.05, 3.63) is 16.0 Å². The second-order valence-corrected chi connectivity index (χ2v) is 9.92. The van der Waals surface area contributed by atoms with Gasteiger partial charge < -0.3 is 20.7 Å². The molecule has 0 aromatic carbocycles. The van der Waals surface area contributed by atoms with E-state index in [0.29, 0.717) is 23.5 Å². The van der Waals surface area contributed by atoms with Crippen LogP contribution in [0.5, 0.6) is 0 Å². The van der Waals surface area contributed by atoms with E-state index in [4.69, 9.17) is 4.74 Å². The van der Waals surface area contributed by atoms with Gasteiger partial charge in [-0.1, -0.05) is 6.92 Å². The Balaban J connectivity index is 1.78. The van der Waals surface area contributed by atoms with E-state index in [2.05, 4.69) is 16.0 Å². The van der Waals surface area contributed by atoms with Gasteiger partial charge in [0.05, 0.1) is 5.56 Å². The summed E-state index contributed by atoms with van der Waals surface area (Å²) in [4.78, 5) is 38.5. The number of ether oxygens (including phenoxy) is 1. The van der Waals surface area contributed by atoms with Crippen LogP contribution >= 0.6 is 11.3 Å². The fourth-order valence-electron chi connectivity index (χ4n) is 3.40. The summed E-state index contributed by atoms with van der Waals surface area (Å²) in [5.74, 6) is -0.0906. The summed E-state index contributed by atoms with van der Waals surface area (Å²) in [5, 5.41) is 9.48. The first-order chi connectivity index (χ1) is 13.7. The van der Waals surface area contributed by atoms with Crippen LogP contribution in [-0.4, -0.2) is 36.1 Å². The molecule has 1 aromatic heterocycles. The maximum atomic E-state index is 12.9. The molecule has 160 valence electrons. The van der Waals surface area contributed by atoms with Gasteiger partial charge >= 0.3 is 6.09 Å². The lowest BCUT2D eigenvalue weighted by Crippen LogP contribution is -2.42. The molecule has 1 fully saturated rings. The number of alkyl carbamates (subject to hydrolysis) is 1. The zero-order valence-corrected chi connectivity index (χ0v) is 18.5. The Morgan fingerprint density at radius 3 is 2.52 bits per heavy atom. The highest BCUT2D eigenvalue weighted by Gasteiger charge is 2.34. The normalized spacial score (nSPS) is 18.6. The standard InChI is InChI=1S/C21H31N3O4S/c1-5-10-22-18(26)16-14-11-13(23-20(27)28-21(2,3)4)8-9-15(14)29-19(16)24-17(25)12-6-7-12/h12-13H,5-11H2,1-4H3,(H,22,26)(H,23,27)(H,24,25). The molecule has 2 aliphatic carbocycles. The van der Waals surface area contributed by atoms with Gasteiger partial charge in [-0.2, -0.15) is 0 Å². The number of fused-ring (bicyclic) bond motifs is 1. The van der Waals surface area contributed by atoms with E-state index in [0.717, 1.165) is 42.5 Å². The fourth-order valence-corrected chi connectivity index (χ4v) is 4.64. The quantitative estimate of drug-likeness (QED) is 0.654. The number of rotatable bonds is 6. The van der Waals surface area contributed by atoms with Crippen molar-refractivity contribution in [2.45, 2.75) is 77.9 Å². The molecule has 0 aliphatic heterocycles. The van der Waals surface area contributed by atoms with Crippen molar-refractivity contribution in [3.8, 4) is 0 Å². The van der Waals surface area contributed by atoms with E-state index in [-0.39, 0.29) is 23.8 Å². The van der Waals surface area contributed by atoms with Crippen molar-refractivity contribution < 1.29 is 19.1 Å². The van der Waals surface area contributed by atoms with Gasteiger partial charge in [-0.05, 0) is 64.9 Å². The molecular formula is C21H31N3O4S. The van der Waals surface area contributed by atoms with Gasteiger partial charge in [0, 0.05) is 23.4 Å². The number of amides is 3. The van der Waals surface area contributed by atoms with Crippen molar-refractivity contribution in [1.82, 2.24) is 10.6 Å². The molecular weight excluding hydrogens is 390 g/mol. The fraction of sp³-hybridized carbons (Fsp3) is 0.667. The lowest BCUT2D eigenvalue weighted by Gasteiger charge is -2.26. The number of aryl methyl sites for hydroxylation is 1. The van der Waals surface area contributed by atoms with Crippen LogP contribution in [0.4, 0.5) is 9.80 Å². The third kappa shape index (κ3) is 5.72. The zero-order chi connectivity index (χ0) is 21.2. The highest BCUT2D eigenvalue weighted by atomic mass is 32.1. The number of anilines is 1. The number of hydrogen-bond donors (Lipinski definition) is 3. The number of thiophene rings is 1. The van der Waals surface area contributed by atoms with Crippen LogP contribution in [0.3, 0.4) is 0 Å². The molecule has 3 rings (SSSR count). The van der Waals surface area contributed by atoms with E-state index >= 15 is 0 Å². The van der Waals surface area contributed by atoms with Crippen LogP contribution in [0.15, 0.2) is 0 Å². The summed E-state index contributed by atoms with van der Waals surface area (Å²) in [6.45, 7) is 8.07. The summed E-state index contributed by atoms with van der Waals surface area (Å²) in [5.41, 5.74) is 0.933. The first-order valence-corrected chi connectivity index (χ1v) is 11.2. The maximum Gasteiger partial charge on any atom is 0.407 e. The van der Waals surface area contributed by atoms with Gasteiger partial charge in [0.25, 0.3) is 5.91 Å². The SMILES string of the molecule is CCCNC(=O)c1c(NC(=O)C2CC2)sc2c1CC(NC(=O)OC(C)(C)C)CC2. The molecule has 8 heteroatoms. The van der Waals surface area contributed by atoms with Gasteiger partial charge in [-0.15, -0.1) is 11.3 Å². The van der Waals surface area contributed by atoms with Crippen LogP contribution < -0.4 is 16.0 Å². The van der Waals surface area contributed by atoms with Crippen LogP contribution in [0.25, 0.3) is 0 Å². The van der Waals surface area contributed by atoms with E-state index < -0.39 is 11.7 Å². The van der Waals surface area contributed by atoms with E-state index in [1.165, 1.54) is 11.3 Å². The molecule has 1 atom stereocenters. The molecule has 0 bridgehead atoms. The smallest absolute Gasteiger partial charge is 0.407 e. The van der Waals surface area contributed by atoms with Gasteiger partial charge in [0.1, 0.15) is 10.6 Å². The molecule has 1 aromatic rings. The average Bonchev–Trinajstić information content (AvgIpc) is 3.40. The van der Waals surface area contributed by atoms with Gasteiger partial charge in [0.2, 0.25) is 5.91 Å². The third-order valence-electron chi connectivity index (χ3n) is 4.93. The lowest BCUT2D eigenvalue weighted by atomic mass is 9.91. The third-order valence-corrected chi connectivity index (χ3v) is 6.14. The van der Waals surface area contributed by atoms with Gasteiger partial charge in [-0.25, -0.2) is 4.79 Å². The molecule has 0 saturated heterocycles. The van der Waals surface area contributed by atoms with Crippen LogP contribution in [0.2, 0.25) is 0 Å². The van der Waals surface area contributed by atoms with E-state index in [1.54, 1.807) is 0 Å². The van der Waals surface area contributed by atoms with Crippen LogP contribution in [-0.2, 0) is 22.4 Å². The van der Waals surface area contributed by atoms with Gasteiger partial charge in [-0.3, -0.25) is 9.59 Å². The zero-order valence-electron chi connectivity index (χ0n) is 17.6. The number of hydrogen-bond acceptors (Lipinski definition) is 5. The molecule has 0 spiro atoms. The molecule has 29 heavy (non-hydrogen) atoms. The first-order valence-electron chi connectivity index (χ1n) is 10.4. The summed E-state index contributed by atoms with van der Waals surface area (Å²) >= 11 is 1.49. The second-order valence-electron chi connectivity index (χ2n) is 8.81. The summed E-state index contributed by atoms with van der Waals surface area (Å²) in [7, 11) is 0. The Morgan fingerprint density at radius 2 is 1.90 bits per heavy atom. The predicted octanol–water partition coefficient (Wildman–Crippen LogP) is 3.62. The summed E-state index contributed by atoms with van der Waals surface area (Å²) < 4.78 is 5.37. The Labute approximate surface area is 176 Å².